The number of halogens is 1. The van der Waals surface area contributed by atoms with Crippen molar-refractivity contribution < 1.29 is 19.1 Å². The Hall–Kier alpha value is -2.38. The van der Waals surface area contributed by atoms with Gasteiger partial charge >= 0.3 is 12.0 Å². The molecule has 0 radical (unpaired) electrons. The van der Waals surface area contributed by atoms with Crippen molar-refractivity contribution in [3.8, 4) is 5.75 Å². The molecule has 1 aliphatic heterocycles. The molecule has 0 aliphatic carbocycles. The summed E-state index contributed by atoms with van der Waals surface area (Å²) in [7, 11) is 1.70. The van der Waals surface area contributed by atoms with Crippen LogP contribution in [0, 0.1) is 0 Å². The number of amides is 2. The van der Waals surface area contributed by atoms with Crippen LogP contribution in [0.15, 0.2) is 47.4 Å². The van der Waals surface area contributed by atoms with E-state index in [4.69, 9.17) is 21.1 Å². The van der Waals surface area contributed by atoms with Crippen molar-refractivity contribution in [3.05, 3.63) is 47.5 Å². The largest absolute Gasteiger partial charge is 0.476 e. The van der Waals surface area contributed by atoms with E-state index in [-0.39, 0.29) is 12.6 Å². The zero-order valence-corrected chi connectivity index (χ0v) is 17.6. The summed E-state index contributed by atoms with van der Waals surface area (Å²) in [4.78, 5) is 27.3. The number of carbonyl (C=O) groups excluding carboxylic acids is 2. The molecule has 0 N–H and O–H groups in total. The molecule has 28 heavy (non-hydrogen) atoms. The molecule has 3 rings (SSSR count). The maximum Gasteiger partial charge on any atom is 0.349 e. The standard InChI is InChI=1S/C20H21ClN2O4S/c1-5-26-18(24)20(2,3)27-15-10-11-17-16(12-15)22(4)19(25)23(28-17)14-8-6-13(21)7-9-14/h6-12H,5H2,1-4H3. The van der Waals surface area contributed by atoms with Crippen molar-refractivity contribution in [2.24, 2.45) is 0 Å². The summed E-state index contributed by atoms with van der Waals surface area (Å²) in [5.41, 5.74) is 0.308. The summed E-state index contributed by atoms with van der Waals surface area (Å²) in [5.74, 6) is 0.0393. The van der Waals surface area contributed by atoms with E-state index in [2.05, 4.69) is 0 Å². The maximum atomic E-state index is 12.8. The molecule has 148 valence electrons. The second-order valence-electron chi connectivity index (χ2n) is 6.67. The van der Waals surface area contributed by atoms with Gasteiger partial charge in [-0.1, -0.05) is 11.6 Å². The Morgan fingerprint density at radius 3 is 2.50 bits per heavy atom. The molecule has 2 amide bonds. The second-order valence-corrected chi connectivity index (χ2v) is 8.09. The third-order valence-corrected chi connectivity index (χ3v) is 5.49. The molecule has 0 spiro atoms. The van der Waals surface area contributed by atoms with Gasteiger partial charge in [0.05, 0.1) is 22.9 Å². The van der Waals surface area contributed by atoms with Crippen LogP contribution in [0.1, 0.15) is 20.8 Å². The Morgan fingerprint density at radius 1 is 1.18 bits per heavy atom. The quantitative estimate of drug-likeness (QED) is 0.495. The van der Waals surface area contributed by atoms with Crippen molar-refractivity contribution in [2.45, 2.75) is 31.3 Å². The highest BCUT2D eigenvalue weighted by atomic mass is 35.5. The fourth-order valence-electron chi connectivity index (χ4n) is 2.66. The van der Waals surface area contributed by atoms with Crippen molar-refractivity contribution >= 4 is 46.9 Å². The first kappa shape index (κ1) is 20.4. The van der Waals surface area contributed by atoms with E-state index in [9.17, 15) is 9.59 Å². The molecular formula is C20H21ClN2O4S. The minimum atomic E-state index is -1.13. The molecule has 0 saturated heterocycles. The number of rotatable bonds is 5. The van der Waals surface area contributed by atoms with Gasteiger partial charge in [-0.2, -0.15) is 0 Å². The van der Waals surface area contributed by atoms with E-state index >= 15 is 0 Å². The molecule has 0 fully saturated rings. The predicted octanol–water partition coefficient (Wildman–Crippen LogP) is 5.14. The van der Waals surface area contributed by atoms with Crippen LogP contribution in [-0.2, 0) is 9.53 Å². The first-order valence-corrected chi connectivity index (χ1v) is 9.89. The molecule has 2 aromatic carbocycles. The zero-order chi connectivity index (χ0) is 20.5. The van der Waals surface area contributed by atoms with Crippen LogP contribution in [-0.4, -0.2) is 31.3 Å². The van der Waals surface area contributed by atoms with Crippen LogP contribution < -0.4 is 13.9 Å². The number of anilines is 2. The van der Waals surface area contributed by atoms with E-state index in [1.165, 1.54) is 11.9 Å². The highest BCUT2D eigenvalue weighted by Gasteiger charge is 2.34. The smallest absolute Gasteiger partial charge is 0.349 e. The second kappa shape index (κ2) is 7.93. The van der Waals surface area contributed by atoms with Crippen molar-refractivity contribution in [3.63, 3.8) is 0 Å². The molecule has 0 saturated carbocycles. The summed E-state index contributed by atoms with van der Waals surface area (Å²) < 4.78 is 12.5. The lowest BCUT2D eigenvalue weighted by Crippen LogP contribution is -2.41. The number of carbonyl (C=O) groups is 2. The van der Waals surface area contributed by atoms with Gasteiger partial charge in [-0.3, -0.25) is 4.90 Å². The van der Waals surface area contributed by atoms with Gasteiger partial charge in [-0.25, -0.2) is 13.9 Å². The minimum absolute atomic E-state index is 0.193. The Balaban J connectivity index is 1.86. The van der Waals surface area contributed by atoms with Gasteiger partial charge < -0.3 is 9.47 Å². The lowest BCUT2D eigenvalue weighted by Gasteiger charge is -2.34. The molecule has 2 aromatic rings. The van der Waals surface area contributed by atoms with Gasteiger partial charge in [0.1, 0.15) is 5.75 Å². The van der Waals surface area contributed by atoms with E-state index in [1.807, 2.05) is 6.07 Å². The zero-order valence-electron chi connectivity index (χ0n) is 16.1. The molecule has 0 aromatic heterocycles. The molecule has 0 unspecified atom stereocenters. The Labute approximate surface area is 173 Å². The van der Waals surface area contributed by atoms with Crippen LogP contribution in [0.3, 0.4) is 0 Å². The lowest BCUT2D eigenvalue weighted by molar-refractivity contribution is -0.158. The average Bonchev–Trinajstić information content (AvgIpc) is 2.66. The summed E-state index contributed by atoms with van der Waals surface area (Å²) >= 11 is 7.26. The van der Waals surface area contributed by atoms with Crippen LogP contribution in [0.4, 0.5) is 16.2 Å². The van der Waals surface area contributed by atoms with Gasteiger partial charge in [0.25, 0.3) is 0 Å². The number of nitrogens with zero attached hydrogens (tertiary/aromatic N) is 2. The van der Waals surface area contributed by atoms with E-state index in [0.29, 0.717) is 16.5 Å². The molecule has 0 bridgehead atoms. The minimum Gasteiger partial charge on any atom is -0.476 e. The lowest BCUT2D eigenvalue weighted by atomic mass is 10.1. The highest BCUT2D eigenvalue weighted by Crippen LogP contribution is 2.42. The number of hydrogen-bond acceptors (Lipinski definition) is 5. The topological polar surface area (TPSA) is 59.1 Å². The van der Waals surface area contributed by atoms with Crippen LogP contribution in [0.2, 0.25) is 5.02 Å². The van der Waals surface area contributed by atoms with Gasteiger partial charge in [-0.15, -0.1) is 0 Å². The third kappa shape index (κ3) is 4.05. The fraction of sp³-hybridized carbons (Fsp3) is 0.300. The van der Waals surface area contributed by atoms with Crippen LogP contribution in [0.25, 0.3) is 0 Å². The Kier molecular flexibility index (Phi) is 5.76. The van der Waals surface area contributed by atoms with Crippen LogP contribution in [0.5, 0.6) is 5.75 Å². The highest BCUT2D eigenvalue weighted by molar-refractivity contribution is 8.01. The van der Waals surface area contributed by atoms with Crippen molar-refractivity contribution in [2.75, 3.05) is 22.9 Å². The van der Waals surface area contributed by atoms with Crippen molar-refractivity contribution in [1.29, 1.82) is 0 Å². The van der Waals surface area contributed by atoms with E-state index < -0.39 is 11.6 Å². The summed E-state index contributed by atoms with van der Waals surface area (Å²) in [6, 6.07) is 12.3. The molecule has 1 aliphatic rings. The van der Waals surface area contributed by atoms with Gasteiger partial charge in [0.2, 0.25) is 0 Å². The number of ether oxygens (including phenoxy) is 2. The molecule has 1 heterocycles. The SMILES string of the molecule is CCOC(=O)C(C)(C)Oc1ccc2c(c1)N(C)C(=O)N(c1ccc(Cl)cc1)S2. The summed E-state index contributed by atoms with van der Waals surface area (Å²) in [5, 5.41) is 0.609. The third-order valence-electron chi connectivity index (χ3n) is 4.14. The molecular weight excluding hydrogens is 400 g/mol. The Morgan fingerprint density at radius 2 is 1.86 bits per heavy atom. The number of benzene rings is 2. The van der Waals surface area contributed by atoms with E-state index in [0.717, 1.165) is 10.6 Å². The number of fused-ring (bicyclic) bond motifs is 1. The van der Waals surface area contributed by atoms with Gasteiger partial charge in [0, 0.05) is 18.1 Å². The van der Waals surface area contributed by atoms with E-state index in [1.54, 1.807) is 73.4 Å². The maximum absolute atomic E-state index is 12.8. The number of urea groups is 1. The monoisotopic (exact) mass is 420 g/mol. The normalized spacial score (nSPS) is 14.0. The first-order chi connectivity index (χ1) is 13.2. The number of hydrogen-bond donors (Lipinski definition) is 0. The average molecular weight is 421 g/mol. The van der Waals surface area contributed by atoms with Crippen molar-refractivity contribution in [1.82, 2.24) is 0 Å². The fourth-order valence-corrected chi connectivity index (χ4v) is 3.83. The first-order valence-electron chi connectivity index (χ1n) is 8.74. The molecule has 8 heteroatoms. The summed E-state index contributed by atoms with van der Waals surface area (Å²) in [6.45, 7) is 5.33. The molecule has 6 nitrogen and oxygen atoms in total. The summed E-state index contributed by atoms with van der Waals surface area (Å²) in [6.07, 6.45) is 0. The van der Waals surface area contributed by atoms with Gasteiger partial charge in [-0.05, 0) is 69.1 Å². The van der Waals surface area contributed by atoms with Crippen LogP contribution >= 0.6 is 23.5 Å². The molecule has 0 atom stereocenters. The number of esters is 1. The Bertz CT molecular complexity index is 902. The van der Waals surface area contributed by atoms with Gasteiger partial charge in [0.15, 0.2) is 5.60 Å². The predicted molar refractivity (Wildman–Crippen MR) is 111 cm³/mol.